The standard InChI is InChI=1S/C20H24BrN3O.C5H10.C4H6/c1-4-10-19(23-16(5-2)6-3)24-20-18(13-15(21)14-22-20)25-17-11-8-7-9-12-17;1-4-5(2)3;1-3-4-2/h5,7-9,11-14H,4,6,10H2,1-3H3,(H,22,23,24);4H,1-3H3;3-4H,1-2H2/b16-5-;;. The first-order chi connectivity index (χ1) is 16.3. The Kier molecular flexibility index (Phi) is 17.9. The van der Waals surface area contributed by atoms with Crippen LogP contribution < -0.4 is 10.1 Å². The zero-order valence-electron chi connectivity index (χ0n) is 21.6. The van der Waals surface area contributed by atoms with E-state index < -0.39 is 0 Å². The van der Waals surface area contributed by atoms with Crippen LogP contribution in [0.4, 0.5) is 5.82 Å². The quantitative estimate of drug-likeness (QED) is 0.161. The molecule has 0 fully saturated rings. The fraction of sp³-hybridized carbons (Fsp3) is 0.310. The molecule has 1 aromatic carbocycles. The average Bonchev–Trinajstić information content (AvgIpc) is 2.85. The van der Waals surface area contributed by atoms with E-state index in [0.717, 1.165) is 41.0 Å². The highest BCUT2D eigenvalue weighted by atomic mass is 79.9. The molecule has 34 heavy (non-hydrogen) atoms. The molecular weight excluding hydrogens is 486 g/mol. The number of allylic oxidation sites excluding steroid dienone is 6. The van der Waals surface area contributed by atoms with Gasteiger partial charge in [0.2, 0.25) is 0 Å². The third kappa shape index (κ3) is 14.3. The predicted molar refractivity (Wildman–Crippen MR) is 153 cm³/mol. The van der Waals surface area contributed by atoms with Gasteiger partial charge in [-0.05, 0) is 68.6 Å². The highest BCUT2D eigenvalue weighted by Gasteiger charge is 2.09. The summed E-state index contributed by atoms with van der Waals surface area (Å²) in [6.07, 6.45) is 11.9. The summed E-state index contributed by atoms with van der Waals surface area (Å²) >= 11 is 3.45. The monoisotopic (exact) mass is 525 g/mol. The molecule has 2 rings (SSSR count). The minimum atomic E-state index is 0.564. The van der Waals surface area contributed by atoms with E-state index in [9.17, 15) is 0 Å². The summed E-state index contributed by atoms with van der Waals surface area (Å²) in [5.41, 5.74) is 2.53. The van der Waals surface area contributed by atoms with Crippen molar-refractivity contribution in [1.82, 2.24) is 10.3 Å². The van der Waals surface area contributed by atoms with E-state index in [1.807, 2.05) is 50.2 Å². The summed E-state index contributed by atoms with van der Waals surface area (Å²) in [6.45, 7) is 19.2. The van der Waals surface area contributed by atoms with Crippen molar-refractivity contribution in [2.24, 2.45) is 4.99 Å². The highest BCUT2D eigenvalue weighted by molar-refractivity contribution is 9.10. The minimum Gasteiger partial charge on any atom is -0.453 e. The number of aromatic nitrogens is 1. The molecule has 184 valence electrons. The van der Waals surface area contributed by atoms with Gasteiger partial charge in [-0.3, -0.25) is 0 Å². The van der Waals surface area contributed by atoms with Crippen LogP contribution in [0.2, 0.25) is 0 Å². The van der Waals surface area contributed by atoms with Gasteiger partial charge in [0, 0.05) is 28.9 Å². The fourth-order valence-electron chi connectivity index (χ4n) is 2.25. The molecule has 0 bridgehead atoms. The van der Waals surface area contributed by atoms with Gasteiger partial charge < -0.3 is 10.1 Å². The second-order valence-electron chi connectivity index (χ2n) is 7.33. The number of halogens is 1. The molecule has 0 aliphatic carbocycles. The number of benzene rings is 1. The molecule has 0 saturated carbocycles. The number of ether oxygens (including phenoxy) is 1. The summed E-state index contributed by atoms with van der Waals surface area (Å²) < 4.78 is 6.84. The molecule has 1 heterocycles. The van der Waals surface area contributed by atoms with E-state index in [1.165, 1.54) is 5.57 Å². The molecule has 4 nitrogen and oxygen atoms in total. The third-order valence-electron chi connectivity index (χ3n) is 4.28. The summed E-state index contributed by atoms with van der Waals surface area (Å²) in [7, 11) is 0. The van der Waals surface area contributed by atoms with Crippen LogP contribution in [0, 0.1) is 0 Å². The Bertz CT molecular complexity index is 937. The molecule has 0 amide bonds. The van der Waals surface area contributed by atoms with Gasteiger partial charge in [-0.2, -0.15) is 0 Å². The lowest BCUT2D eigenvalue weighted by Crippen LogP contribution is -2.22. The zero-order chi connectivity index (χ0) is 25.8. The molecular formula is C29H40BrN3O. The Balaban J connectivity index is 0.00000103. The van der Waals surface area contributed by atoms with E-state index in [1.54, 1.807) is 18.3 Å². The summed E-state index contributed by atoms with van der Waals surface area (Å²) in [5, 5.41) is 3.41. The average molecular weight is 527 g/mol. The molecule has 0 aliphatic rings. The van der Waals surface area contributed by atoms with Crippen molar-refractivity contribution >= 4 is 27.6 Å². The first-order valence-corrected chi connectivity index (χ1v) is 12.3. The van der Waals surface area contributed by atoms with E-state index in [0.29, 0.717) is 11.6 Å². The van der Waals surface area contributed by atoms with Crippen molar-refractivity contribution in [3.05, 3.63) is 95.8 Å². The van der Waals surface area contributed by atoms with Crippen molar-refractivity contribution in [2.75, 3.05) is 0 Å². The fourth-order valence-corrected chi connectivity index (χ4v) is 2.56. The summed E-state index contributed by atoms with van der Waals surface area (Å²) in [5.74, 6) is 2.83. The minimum absolute atomic E-state index is 0.564. The Hall–Kier alpha value is -2.92. The number of para-hydroxylation sites is 1. The van der Waals surface area contributed by atoms with Crippen LogP contribution in [0.3, 0.4) is 0 Å². The van der Waals surface area contributed by atoms with E-state index in [2.05, 4.69) is 79.2 Å². The first kappa shape index (κ1) is 31.1. The normalized spacial score (nSPS) is 10.6. The molecule has 0 aliphatic heterocycles. The van der Waals surface area contributed by atoms with Gasteiger partial charge in [-0.15, -0.1) is 0 Å². The number of hydrogen-bond acceptors (Lipinski definition) is 3. The van der Waals surface area contributed by atoms with Crippen LogP contribution in [-0.2, 0) is 0 Å². The van der Waals surface area contributed by atoms with Crippen molar-refractivity contribution in [1.29, 1.82) is 0 Å². The largest absolute Gasteiger partial charge is 0.453 e. The lowest BCUT2D eigenvalue weighted by Gasteiger charge is -2.13. The van der Waals surface area contributed by atoms with Crippen molar-refractivity contribution in [3.8, 4) is 11.5 Å². The highest BCUT2D eigenvalue weighted by Crippen LogP contribution is 2.32. The predicted octanol–water partition coefficient (Wildman–Crippen LogP) is 9.70. The maximum atomic E-state index is 5.99. The van der Waals surface area contributed by atoms with Gasteiger partial charge in [0.1, 0.15) is 11.6 Å². The van der Waals surface area contributed by atoms with Gasteiger partial charge in [0.15, 0.2) is 11.6 Å². The van der Waals surface area contributed by atoms with E-state index in [-0.39, 0.29) is 0 Å². The molecule has 0 spiro atoms. The number of hydrogen-bond donors (Lipinski definition) is 1. The second-order valence-corrected chi connectivity index (χ2v) is 8.24. The van der Waals surface area contributed by atoms with Gasteiger partial charge in [0.25, 0.3) is 0 Å². The zero-order valence-corrected chi connectivity index (χ0v) is 23.2. The number of aliphatic imine (C=N–C) groups is 1. The number of rotatable bonds is 8. The molecule has 1 N–H and O–H groups in total. The second kappa shape index (κ2) is 19.5. The molecule has 0 atom stereocenters. The SMILES string of the molecule is C/C=C(/CC)N/C(CCC)=N/c1ncc(Br)cc1Oc1ccccc1.C=CC=C.CC=C(C)C. The Morgan fingerprint density at radius 1 is 1.09 bits per heavy atom. The topological polar surface area (TPSA) is 46.5 Å². The summed E-state index contributed by atoms with van der Waals surface area (Å²) in [4.78, 5) is 9.17. The van der Waals surface area contributed by atoms with Crippen LogP contribution in [0.25, 0.3) is 0 Å². The maximum absolute atomic E-state index is 5.99. The smallest absolute Gasteiger partial charge is 0.197 e. The third-order valence-corrected chi connectivity index (χ3v) is 4.71. The van der Waals surface area contributed by atoms with Gasteiger partial charge in [0.05, 0.1) is 0 Å². The Labute approximate surface area is 215 Å². The van der Waals surface area contributed by atoms with Crippen LogP contribution in [0.15, 0.2) is 101 Å². The maximum Gasteiger partial charge on any atom is 0.197 e. The van der Waals surface area contributed by atoms with E-state index in [4.69, 9.17) is 9.73 Å². The Morgan fingerprint density at radius 2 is 1.71 bits per heavy atom. The number of pyridine rings is 1. The van der Waals surface area contributed by atoms with Gasteiger partial charge in [-0.1, -0.05) is 75.1 Å². The molecule has 0 unspecified atom stereocenters. The van der Waals surface area contributed by atoms with Crippen LogP contribution >= 0.6 is 15.9 Å². The summed E-state index contributed by atoms with van der Waals surface area (Å²) in [6, 6.07) is 11.5. The number of nitrogens with zero attached hydrogens (tertiary/aromatic N) is 2. The van der Waals surface area contributed by atoms with E-state index >= 15 is 0 Å². The first-order valence-electron chi connectivity index (χ1n) is 11.6. The number of nitrogens with one attached hydrogen (secondary N) is 1. The number of amidine groups is 1. The van der Waals surface area contributed by atoms with Gasteiger partial charge >= 0.3 is 0 Å². The molecule has 5 heteroatoms. The lowest BCUT2D eigenvalue weighted by molar-refractivity contribution is 0.481. The Morgan fingerprint density at radius 3 is 2.18 bits per heavy atom. The molecule has 1 aromatic heterocycles. The van der Waals surface area contributed by atoms with Crippen LogP contribution in [0.5, 0.6) is 11.5 Å². The van der Waals surface area contributed by atoms with Crippen molar-refractivity contribution in [3.63, 3.8) is 0 Å². The van der Waals surface area contributed by atoms with Crippen LogP contribution in [0.1, 0.15) is 60.8 Å². The van der Waals surface area contributed by atoms with Crippen molar-refractivity contribution in [2.45, 2.75) is 60.8 Å². The van der Waals surface area contributed by atoms with Crippen molar-refractivity contribution < 1.29 is 4.74 Å². The molecule has 0 saturated heterocycles. The lowest BCUT2D eigenvalue weighted by atomic mass is 10.2. The van der Waals surface area contributed by atoms with Crippen LogP contribution in [-0.4, -0.2) is 10.8 Å². The molecule has 0 radical (unpaired) electrons. The molecule has 2 aromatic rings. The van der Waals surface area contributed by atoms with Gasteiger partial charge in [-0.25, -0.2) is 9.98 Å².